The molecular formula is C21H23N5O3. The standard InChI is InChI=1S/C21H23N5O3/c1-4-29-21(28)17-11-22-19-14(2)6-5-7-16(19)20(17)25-8-9-26(18(27)13-25)15-10-23-24(3)12-15/h5-7,10-12H,4,8-9,13H2,1-3H3. The van der Waals surface area contributed by atoms with Crippen molar-refractivity contribution in [1.82, 2.24) is 14.8 Å². The second-order valence-electron chi connectivity index (χ2n) is 7.05. The predicted molar refractivity (Wildman–Crippen MR) is 110 cm³/mol. The van der Waals surface area contributed by atoms with Crippen LogP contribution in [0.3, 0.4) is 0 Å². The Hall–Kier alpha value is -3.42. The first-order chi connectivity index (χ1) is 14.0. The van der Waals surface area contributed by atoms with Crippen LogP contribution in [0, 0.1) is 6.92 Å². The van der Waals surface area contributed by atoms with E-state index in [9.17, 15) is 9.59 Å². The van der Waals surface area contributed by atoms with Crippen LogP contribution >= 0.6 is 0 Å². The maximum atomic E-state index is 12.9. The third kappa shape index (κ3) is 3.41. The van der Waals surface area contributed by atoms with Gasteiger partial charge in [0.05, 0.1) is 36.2 Å². The van der Waals surface area contributed by atoms with Gasteiger partial charge in [0, 0.05) is 37.9 Å². The Morgan fingerprint density at radius 1 is 1.24 bits per heavy atom. The van der Waals surface area contributed by atoms with Crippen molar-refractivity contribution in [3.63, 3.8) is 0 Å². The molecule has 0 N–H and O–H groups in total. The minimum absolute atomic E-state index is 0.0447. The van der Waals surface area contributed by atoms with Crippen LogP contribution < -0.4 is 9.80 Å². The van der Waals surface area contributed by atoms with Crippen LogP contribution in [0.5, 0.6) is 0 Å². The fraction of sp³-hybridized carbons (Fsp3) is 0.333. The number of aryl methyl sites for hydroxylation is 2. The number of hydrogen-bond donors (Lipinski definition) is 0. The molecule has 8 nitrogen and oxygen atoms in total. The van der Waals surface area contributed by atoms with E-state index in [0.717, 1.165) is 22.2 Å². The van der Waals surface area contributed by atoms with E-state index < -0.39 is 5.97 Å². The molecule has 0 saturated carbocycles. The third-order valence-electron chi connectivity index (χ3n) is 5.11. The summed E-state index contributed by atoms with van der Waals surface area (Å²) in [5.74, 6) is -0.475. The highest BCUT2D eigenvalue weighted by molar-refractivity contribution is 6.08. The van der Waals surface area contributed by atoms with Gasteiger partial charge in [-0.1, -0.05) is 18.2 Å². The van der Waals surface area contributed by atoms with Gasteiger partial charge in [-0.3, -0.25) is 14.5 Å². The first-order valence-corrected chi connectivity index (χ1v) is 9.59. The summed E-state index contributed by atoms with van der Waals surface area (Å²) in [6.45, 7) is 5.27. The zero-order chi connectivity index (χ0) is 20.5. The summed E-state index contributed by atoms with van der Waals surface area (Å²) in [4.78, 5) is 33.7. The van der Waals surface area contributed by atoms with Gasteiger partial charge in [-0.05, 0) is 19.4 Å². The van der Waals surface area contributed by atoms with Gasteiger partial charge >= 0.3 is 5.97 Å². The highest BCUT2D eigenvalue weighted by Crippen LogP contribution is 2.33. The lowest BCUT2D eigenvalue weighted by Crippen LogP contribution is -2.51. The second kappa shape index (κ2) is 7.54. The number of carbonyl (C=O) groups is 2. The Morgan fingerprint density at radius 2 is 2.07 bits per heavy atom. The van der Waals surface area contributed by atoms with E-state index in [1.165, 1.54) is 0 Å². The lowest BCUT2D eigenvalue weighted by atomic mass is 10.0. The van der Waals surface area contributed by atoms with Gasteiger partial charge in [0.1, 0.15) is 5.56 Å². The van der Waals surface area contributed by atoms with Crippen LogP contribution in [-0.2, 0) is 16.6 Å². The van der Waals surface area contributed by atoms with E-state index in [-0.39, 0.29) is 19.1 Å². The normalized spacial score (nSPS) is 14.5. The molecule has 0 unspecified atom stereocenters. The van der Waals surface area contributed by atoms with Crippen LogP contribution in [0.15, 0.2) is 36.8 Å². The number of ether oxygens (including phenoxy) is 1. The van der Waals surface area contributed by atoms with Crippen LogP contribution in [-0.4, -0.2) is 52.9 Å². The number of nitrogens with zero attached hydrogens (tertiary/aromatic N) is 5. The van der Waals surface area contributed by atoms with Crippen LogP contribution in [0.25, 0.3) is 10.9 Å². The Morgan fingerprint density at radius 3 is 2.76 bits per heavy atom. The zero-order valence-electron chi connectivity index (χ0n) is 16.8. The molecule has 150 valence electrons. The van der Waals surface area contributed by atoms with Crippen molar-refractivity contribution in [2.24, 2.45) is 7.05 Å². The number of rotatable bonds is 4. The number of hydrogen-bond acceptors (Lipinski definition) is 6. The number of benzene rings is 1. The number of piperazine rings is 1. The van der Waals surface area contributed by atoms with Gasteiger partial charge in [-0.2, -0.15) is 5.10 Å². The molecule has 0 atom stereocenters. The Labute approximate surface area is 168 Å². The van der Waals surface area contributed by atoms with E-state index in [1.807, 2.05) is 43.3 Å². The predicted octanol–water partition coefficient (Wildman–Crippen LogP) is 2.31. The van der Waals surface area contributed by atoms with Crippen molar-refractivity contribution < 1.29 is 14.3 Å². The number of pyridine rings is 1. The molecule has 4 rings (SSSR count). The molecule has 1 aliphatic heterocycles. The molecule has 1 fully saturated rings. The summed E-state index contributed by atoms with van der Waals surface area (Å²) in [5, 5.41) is 5.00. The van der Waals surface area contributed by atoms with Gasteiger partial charge in [-0.25, -0.2) is 4.79 Å². The number of fused-ring (bicyclic) bond motifs is 1. The van der Waals surface area contributed by atoms with E-state index >= 15 is 0 Å². The molecule has 0 radical (unpaired) electrons. The maximum Gasteiger partial charge on any atom is 0.341 e. The molecule has 0 bridgehead atoms. The smallest absolute Gasteiger partial charge is 0.341 e. The quantitative estimate of drug-likeness (QED) is 0.633. The molecule has 1 aliphatic rings. The summed E-state index contributed by atoms with van der Waals surface area (Å²) in [7, 11) is 1.82. The first kappa shape index (κ1) is 18.9. The average molecular weight is 393 g/mol. The average Bonchev–Trinajstić information content (AvgIpc) is 3.13. The molecule has 2 aromatic heterocycles. The minimum Gasteiger partial charge on any atom is -0.462 e. The number of aromatic nitrogens is 3. The Bertz CT molecular complexity index is 1090. The molecule has 3 heterocycles. The second-order valence-corrected chi connectivity index (χ2v) is 7.05. The van der Waals surface area contributed by atoms with Crippen molar-refractivity contribution in [3.8, 4) is 0 Å². The molecule has 0 spiro atoms. The fourth-order valence-electron chi connectivity index (χ4n) is 3.74. The number of carbonyl (C=O) groups excluding carboxylic acids is 2. The summed E-state index contributed by atoms with van der Waals surface area (Å²) in [6, 6.07) is 5.85. The Kier molecular flexibility index (Phi) is 4.92. The van der Waals surface area contributed by atoms with E-state index in [0.29, 0.717) is 24.3 Å². The summed E-state index contributed by atoms with van der Waals surface area (Å²) in [6.07, 6.45) is 5.06. The van der Waals surface area contributed by atoms with Gasteiger partial charge in [0.15, 0.2) is 0 Å². The number of esters is 1. The van der Waals surface area contributed by atoms with Gasteiger partial charge in [0.2, 0.25) is 5.91 Å². The van der Waals surface area contributed by atoms with Crippen molar-refractivity contribution in [2.75, 3.05) is 36.0 Å². The molecular weight excluding hydrogens is 370 g/mol. The minimum atomic E-state index is -0.430. The van der Waals surface area contributed by atoms with Crippen molar-refractivity contribution in [2.45, 2.75) is 13.8 Å². The molecule has 29 heavy (non-hydrogen) atoms. The largest absolute Gasteiger partial charge is 0.462 e. The summed E-state index contributed by atoms with van der Waals surface area (Å²) >= 11 is 0. The van der Waals surface area contributed by atoms with Crippen LogP contribution in [0.2, 0.25) is 0 Å². The van der Waals surface area contributed by atoms with Gasteiger partial charge in [0.25, 0.3) is 0 Å². The maximum absolute atomic E-state index is 12.9. The topological polar surface area (TPSA) is 80.6 Å². The number of para-hydroxylation sites is 1. The molecule has 1 saturated heterocycles. The highest BCUT2D eigenvalue weighted by Gasteiger charge is 2.30. The van der Waals surface area contributed by atoms with Crippen LogP contribution in [0.4, 0.5) is 11.4 Å². The lowest BCUT2D eigenvalue weighted by Gasteiger charge is -2.36. The third-order valence-corrected chi connectivity index (χ3v) is 5.11. The van der Waals surface area contributed by atoms with Crippen LogP contribution in [0.1, 0.15) is 22.8 Å². The van der Waals surface area contributed by atoms with Gasteiger partial charge < -0.3 is 14.5 Å². The molecule has 0 aliphatic carbocycles. The van der Waals surface area contributed by atoms with Crippen molar-refractivity contribution in [1.29, 1.82) is 0 Å². The molecule has 1 aromatic carbocycles. The highest BCUT2D eigenvalue weighted by atomic mass is 16.5. The number of anilines is 2. The van der Waals surface area contributed by atoms with E-state index in [1.54, 1.807) is 28.9 Å². The van der Waals surface area contributed by atoms with Crippen molar-refractivity contribution >= 4 is 34.2 Å². The fourth-order valence-corrected chi connectivity index (χ4v) is 3.74. The Balaban J connectivity index is 1.74. The SMILES string of the molecule is CCOC(=O)c1cnc2c(C)cccc2c1N1CCN(c2cnn(C)c2)C(=O)C1. The lowest BCUT2D eigenvalue weighted by molar-refractivity contribution is -0.117. The first-order valence-electron chi connectivity index (χ1n) is 9.59. The monoisotopic (exact) mass is 393 g/mol. The molecule has 8 heteroatoms. The summed E-state index contributed by atoms with van der Waals surface area (Å²) < 4.78 is 6.92. The van der Waals surface area contributed by atoms with E-state index in [4.69, 9.17) is 4.74 Å². The molecule has 1 amide bonds. The van der Waals surface area contributed by atoms with Crippen molar-refractivity contribution in [3.05, 3.63) is 47.9 Å². The van der Waals surface area contributed by atoms with E-state index in [2.05, 4.69) is 10.1 Å². The van der Waals surface area contributed by atoms with Gasteiger partial charge in [-0.15, -0.1) is 0 Å². The molecule has 3 aromatic rings. The summed E-state index contributed by atoms with van der Waals surface area (Å²) in [5.41, 5.74) is 3.69. The zero-order valence-corrected chi connectivity index (χ0v) is 16.8. The number of amides is 1.